The van der Waals surface area contributed by atoms with E-state index in [4.69, 9.17) is 9.84 Å². The summed E-state index contributed by atoms with van der Waals surface area (Å²) in [5.74, 6) is -1.17. The molecule has 0 bridgehead atoms. The molecule has 2 N–H and O–H groups in total. The molecule has 0 fully saturated rings. The maximum Gasteiger partial charge on any atom is 0.303 e. The van der Waals surface area contributed by atoms with Crippen LogP contribution in [-0.4, -0.2) is 29.1 Å². The zero-order chi connectivity index (χ0) is 12.1. The largest absolute Gasteiger partial charge is 0.504 e. The van der Waals surface area contributed by atoms with Gasteiger partial charge in [0.05, 0.1) is 13.5 Å². The number of rotatable bonds is 5. The Kier molecular flexibility index (Phi) is 3.88. The van der Waals surface area contributed by atoms with Gasteiger partial charge in [-0.1, -0.05) is 0 Å². The van der Waals surface area contributed by atoms with Crippen LogP contribution >= 0.6 is 0 Å². The van der Waals surface area contributed by atoms with E-state index < -0.39 is 5.97 Å². The average Bonchev–Trinajstić information content (AvgIpc) is 2.26. The van der Waals surface area contributed by atoms with Gasteiger partial charge in [-0.15, -0.1) is 0 Å². The van der Waals surface area contributed by atoms with E-state index in [9.17, 15) is 14.7 Å². The van der Waals surface area contributed by atoms with Crippen LogP contribution in [-0.2, 0) is 4.79 Å². The van der Waals surface area contributed by atoms with E-state index >= 15 is 0 Å². The van der Waals surface area contributed by atoms with Gasteiger partial charge in [0.2, 0.25) is 0 Å². The van der Waals surface area contributed by atoms with Gasteiger partial charge in [0, 0.05) is 12.0 Å². The van der Waals surface area contributed by atoms with Gasteiger partial charge in [-0.25, -0.2) is 0 Å². The Morgan fingerprint density at radius 2 is 2.00 bits per heavy atom. The number of ketones is 1. The van der Waals surface area contributed by atoms with Crippen molar-refractivity contribution in [3.05, 3.63) is 23.8 Å². The molecule has 86 valence electrons. The Balaban J connectivity index is 2.80. The van der Waals surface area contributed by atoms with E-state index in [-0.39, 0.29) is 30.1 Å². The summed E-state index contributed by atoms with van der Waals surface area (Å²) < 4.78 is 4.84. The van der Waals surface area contributed by atoms with E-state index in [1.165, 1.54) is 25.3 Å². The minimum Gasteiger partial charge on any atom is -0.504 e. The molecule has 1 aromatic carbocycles. The third kappa shape index (κ3) is 2.98. The van der Waals surface area contributed by atoms with Crippen LogP contribution in [0.15, 0.2) is 18.2 Å². The Bertz CT molecular complexity index is 411. The van der Waals surface area contributed by atoms with E-state index in [1.807, 2.05) is 0 Å². The lowest BCUT2D eigenvalue weighted by atomic mass is 10.1. The first-order valence-corrected chi connectivity index (χ1v) is 4.66. The Morgan fingerprint density at radius 3 is 2.56 bits per heavy atom. The van der Waals surface area contributed by atoms with Gasteiger partial charge in [0.1, 0.15) is 0 Å². The second-order valence-electron chi connectivity index (χ2n) is 3.20. The van der Waals surface area contributed by atoms with Crippen LogP contribution in [0.1, 0.15) is 23.2 Å². The second kappa shape index (κ2) is 5.16. The number of hydrogen-bond donors (Lipinski definition) is 2. The van der Waals surface area contributed by atoms with Crippen LogP contribution in [0.25, 0.3) is 0 Å². The third-order valence-corrected chi connectivity index (χ3v) is 2.07. The first kappa shape index (κ1) is 12.0. The minimum atomic E-state index is -1.01. The van der Waals surface area contributed by atoms with Crippen molar-refractivity contribution in [1.82, 2.24) is 0 Å². The fourth-order valence-electron chi connectivity index (χ4n) is 1.22. The molecule has 0 saturated carbocycles. The van der Waals surface area contributed by atoms with Crippen molar-refractivity contribution in [2.45, 2.75) is 12.8 Å². The first-order chi connectivity index (χ1) is 7.54. The molecule has 0 atom stereocenters. The quantitative estimate of drug-likeness (QED) is 0.739. The minimum absolute atomic E-state index is 0.0581. The topological polar surface area (TPSA) is 83.8 Å². The number of benzene rings is 1. The number of phenols is 1. The second-order valence-corrected chi connectivity index (χ2v) is 3.20. The summed E-state index contributed by atoms with van der Waals surface area (Å²) in [5, 5.41) is 17.7. The molecular weight excluding hydrogens is 212 g/mol. The number of carboxylic acid groups (broad SMARTS) is 1. The maximum atomic E-state index is 11.5. The average molecular weight is 224 g/mol. The van der Waals surface area contributed by atoms with Crippen molar-refractivity contribution in [3.8, 4) is 11.5 Å². The molecule has 0 spiro atoms. The monoisotopic (exact) mass is 224 g/mol. The molecule has 5 heteroatoms. The normalized spacial score (nSPS) is 9.81. The van der Waals surface area contributed by atoms with Crippen LogP contribution in [0, 0.1) is 0 Å². The lowest BCUT2D eigenvalue weighted by molar-refractivity contribution is -0.136. The summed E-state index contributed by atoms with van der Waals surface area (Å²) in [6.07, 6.45) is -0.273. The number of methoxy groups -OCH3 is 1. The van der Waals surface area contributed by atoms with Gasteiger partial charge < -0.3 is 14.9 Å². The Morgan fingerprint density at radius 1 is 1.31 bits per heavy atom. The van der Waals surface area contributed by atoms with Crippen LogP contribution in [0.5, 0.6) is 11.5 Å². The number of phenolic OH excluding ortho intramolecular Hbond substituents is 1. The zero-order valence-electron chi connectivity index (χ0n) is 8.77. The molecular formula is C11H12O5. The van der Waals surface area contributed by atoms with Crippen molar-refractivity contribution < 1.29 is 24.5 Å². The number of hydrogen-bond acceptors (Lipinski definition) is 4. The number of ether oxygens (including phenoxy) is 1. The van der Waals surface area contributed by atoms with Gasteiger partial charge in [-0.05, 0) is 18.2 Å². The van der Waals surface area contributed by atoms with Crippen LogP contribution in [0.2, 0.25) is 0 Å². The van der Waals surface area contributed by atoms with Gasteiger partial charge >= 0.3 is 5.97 Å². The lowest BCUT2D eigenvalue weighted by Crippen LogP contribution is -2.03. The zero-order valence-corrected chi connectivity index (χ0v) is 8.77. The molecule has 0 unspecified atom stereocenters. The maximum absolute atomic E-state index is 11.5. The van der Waals surface area contributed by atoms with E-state index in [0.717, 1.165) is 0 Å². The van der Waals surface area contributed by atoms with Gasteiger partial charge in [-0.3, -0.25) is 9.59 Å². The molecule has 5 nitrogen and oxygen atoms in total. The number of aromatic hydroxyl groups is 1. The van der Waals surface area contributed by atoms with E-state index in [0.29, 0.717) is 5.56 Å². The smallest absolute Gasteiger partial charge is 0.303 e. The van der Waals surface area contributed by atoms with Gasteiger partial charge in [-0.2, -0.15) is 0 Å². The molecule has 0 aromatic heterocycles. The van der Waals surface area contributed by atoms with Crippen molar-refractivity contribution in [1.29, 1.82) is 0 Å². The predicted octanol–water partition coefficient (Wildman–Crippen LogP) is 1.45. The van der Waals surface area contributed by atoms with E-state index in [2.05, 4.69) is 0 Å². The highest BCUT2D eigenvalue weighted by Crippen LogP contribution is 2.26. The first-order valence-electron chi connectivity index (χ1n) is 4.66. The van der Waals surface area contributed by atoms with E-state index in [1.54, 1.807) is 0 Å². The van der Waals surface area contributed by atoms with Crippen molar-refractivity contribution in [2.24, 2.45) is 0 Å². The summed E-state index contributed by atoms with van der Waals surface area (Å²) >= 11 is 0. The number of aliphatic carboxylic acids is 1. The molecule has 0 radical (unpaired) electrons. The molecule has 0 aliphatic rings. The summed E-state index contributed by atoms with van der Waals surface area (Å²) in [5.41, 5.74) is 0.330. The third-order valence-electron chi connectivity index (χ3n) is 2.07. The van der Waals surface area contributed by atoms with Gasteiger partial charge in [0.15, 0.2) is 17.3 Å². The summed E-state index contributed by atoms with van der Waals surface area (Å²) in [6, 6.07) is 4.16. The van der Waals surface area contributed by atoms with Crippen molar-refractivity contribution in [3.63, 3.8) is 0 Å². The summed E-state index contributed by atoms with van der Waals surface area (Å²) in [4.78, 5) is 21.8. The number of carboxylic acids is 1. The fourth-order valence-corrected chi connectivity index (χ4v) is 1.22. The van der Waals surface area contributed by atoms with Crippen LogP contribution in [0.4, 0.5) is 0 Å². The molecule has 16 heavy (non-hydrogen) atoms. The highest BCUT2D eigenvalue weighted by Gasteiger charge is 2.11. The molecule has 0 amide bonds. The summed E-state index contributed by atoms with van der Waals surface area (Å²) in [7, 11) is 1.38. The Hall–Kier alpha value is -2.04. The van der Waals surface area contributed by atoms with Crippen molar-refractivity contribution >= 4 is 11.8 Å². The molecule has 0 heterocycles. The Labute approximate surface area is 92.3 Å². The summed E-state index contributed by atoms with van der Waals surface area (Å²) in [6.45, 7) is 0. The molecule has 0 saturated heterocycles. The standard InChI is InChI=1S/C11H12O5/c1-16-10-6-7(2-3-9(10)13)8(12)4-5-11(14)15/h2-3,6,13H,4-5H2,1H3,(H,14,15). The number of Topliss-reactive ketones (excluding diaryl/α,β-unsaturated/α-hetero) is 1. The SMILES string of the molecule is COc1cc(C(=O)CCC(=O)O)ccc1O. The molecule has 0 aliphatic heterocycles. The fraction of sp³-hybridized carbons (Fsp3) is 0.273. The molecule has 0 aliphatic carbocycles. The highest BCUT2D eigenvalue weighted by atomic mass is 16.5. The number of carbonyl (C=O) groups is 2. The molecule has 1 rings (SSSR count). The van der Waals surface area contributed by atoms with Crippen LogP contribution < -0.4 is 4.74 Å². The van der Waals surface area contributed by atoms with Gasteiger partial charge in [0.25, 0.3) is 0 Å². The number of carbonyl (C=O) groups excluding carboxylic acids is 1. The highest BCUT2D eigenvalue weighted by molar-refractivity contribution is 5.98. The lowest BCUT2D eigenvalue weighted by Gasteiger charge is -2.05. The predicted molar refractivity (Wildman–Crippen MR) is 55.9 cm³/mol. The van der Waals surface area contributed by atoms with Crippen molar-refractivity contribution in [2.75, 3.05) is 7.11 Å². The van der Waals surface area contributed by atoms with Crippen LogP contribution in [0.3, 0.4) is 0 Å². The molecule has 1 aromatic rings.